The Bertz CT molecular complexity index is 641. The third kappa shape index (κ3) is 3.36. The fraction of sp³-hybridized carbons (Fsp3) is 0.0714. The van der Waals surface area contributed by atoms with Gasteiger partial charge in [-0.3, -0.25) is 0 Å². The minimum Gasteiger partial charge on any atom is -0.478 e. The van der Waals surface area contributed by atoms with Crippen molar-refractivity contribution in [3.8, 4) is 0 Å². The second kappa shape index (κ2) is 5.75. The van der Waals surface area contributed by atoms with Crippen LogP contribution in [0.2, 0.25) is 0 Å². The summed E-state index contributed by atoms with van der Waals surface area (Å²) in [6.45, 7) is 1.78. The van der Waals surface area contributed by atoms with E-state index in [9.17, 15) is 4.79 Å². The summed E-state index contributed by atoms with van der Waals surface area (Å²) in [5, 5.41) is 12.2. The molecule has 2 aromatic carbocycles. The third-order valence-electron chi connectivity index (χ3n) is 2.66. The smallest absolute Gasteiger partial charge is 0.335 e. The van der Waals surface area contributed by atoms with Crippen LogP contribution in [0.15, 0.2) is 45.3 Å². The predicted octanol–water partition coefficient (Wildman–Crippen LogP) is 4.96. The predicted molar refractivity (Wildman–Crippen MR) is 83.3 cm³/mol. The quantitative estimate of drug-likeness (QED) is 0.785. The number of benzene rings is 2. The fourth-order valence-corrected chi connectivity index (χ4v) is 2.44. The van der Waals surface area contributed by atoms with E-state index in [0.29, 0.717) is 5.56 Å². The second-order valence-electron chi connectivity index (χ2n) is 4.08. The Morgan fingerprint density at radius 3 is 2.53 bits per heavy atom. The van der Waals surface area contributed by atoms with Gasteiger partial charge >= 0.3 is 5.97 Å². The van der Waals surface area contributed by atoms with Gasteiger partial charge in [-0.05, 0) is 64.8 Å². The van der Waals surface area contributed by atoms with Crippen LogP contribution in [0, 0.1) is 6.92 Å². The Hall–Kier alpha value is -1.33. The number of aromatic carboxylic acids is 1. The normalized spacial score (nSPS) is 10.3. The molecule has 0 aliphatic rings. The lowest BCUT2D eigenvalue weighted by atomic mass is 10.1. The zero-order valence-electron chi connectivity index (χ0n) is 10.1. The van der Waals surface area contributed by atoms with Gasteiger partial charge in [-0.15, -0.1) is 0 Å². The molecule has 0 fully saturated rings. The number of hydrogen-bond acceptors (Lipinski definition) is 2. The molecule has 0 amide bonds. The van der Waals surface area contributed by atoms with Crippen LogP contribution in [0.3, 0.4) is 0 Å². The van der Waals surface area contributed by atoms with Crippen molar-refractivity contribution in [2.45, 2.75) is 6.92 Å². The summed E-state index contributed by atoms with van der Waals surface area (Å²) in [5.74, 6) is -0.910. The van der Waals surface area contributed by atoms with Crippen molar-refractivity contribution in [3.05, 3.63) is 56.5 Å². The summed E-state index contributed by atoms with van der Waals surface area (Å²) >= 11 is 6.88. The van der Waals surface area contributed by atoms with Gasteiger partial charge in [0.05, 0.1) is 11.3 Å². The van der Waals surface area contributed by atoms with Gasteiger partial charge in [0.2, 0.25) is 0 Å². The Morgan fingerprint density at radius 2 is 1.89 bits per heavy atom. The standard InChI is InChI=1S/C14H11Br2NO2/c1-8-6-10(3-4-11(8)14(18)19)17-13-7-9(15)2-5-12(13)16/h2-7,17H,1H3,(H,18,19). The van der Waals surface area contributed by atoms with E-state index in [1.165, 1.54) is 0 Å². The van der Waals surface area contributed by atoms with E-state index in [-0.39, 0.29) is 0 Å². The van der Waals surface area contributed by atoms with Gasteiger partial charge in [0.15, 0.2) is 0 Å². The zero-order valence-corrected chi connectivity index (χ0v) is 13.2. The highest BCUT2D eigenvalue weighted by molar-refractivity contribution is 9.11. The summed E-state index contributed by atoms with van der Waals surface area (Å²) in [7, 11) is 0. The minimum atomic E-state index is -0.910. The van der Waals surface area contributed by atoms with E-state index >= 15 is 0 Å². The average Bonchev–Trinajstić information content (AvgIpc) is 2.33. The van der Waals surface area contributed by atoms with Crippen molar-refractivity contribution < 1.29 is 9.90 Å². The molecule has 2 rings (SSSR count). The molecule has 0 saturated carbocycles. The van der Waals surface area contributed by atoms with Gasteiger partial charge in [0, 0.05) is 14.6 Å². The molecule has 0 heterocycles. The van der Waals surface area contributed by atoms with Crippen LogP contribution in [-0.2, 0) is 0 Å². The lowest BCUT2D eigenvalue weighted by Crippen LogP contribution is -2.00. The highest BCUT2D eigenvalue weighted by atomic mass is 79.9. The summed E-state index contributed by atoms with van der Waals surface area (Å²) < 4.78 is 1.91. The molecule has 0 radical (unpaired) electrons. The first-order valence-electron chi connectivity index (χ1n) is 5.53. The topological polar surface area (TPSA) is 49.3 Å². The summed E-state index contributed by atoms with van der Waals surface area (Å²) in [5.41, 5.74) is 2.81. The van der Waals surface area contributed by atoms with E-state index in [2.05, 4.69) is 37.2 Å². The first kappa shape index (κ1) is 14.1. The van der Waals surface area contributed by atoms with Crippen LogP contribution in [0.25, 0.3) is 0 Å². The number of hydrogen-bond donors (Lipinski definition) is 2. The van der Waals surface area contributed by atoms with Crippen molar-refractivity contribution in [1.29, 1.82) is 0 Å². The van der Waals surface area contributed by atoms with Gasteiger partial charge in [-0.2, -0.15) is 0 Å². The van der Waals surface area contributed by atoms with E-state index in [1.54, 1.807) is 19.1 Å². The molecule has 2 aromatic rings. The van der Waals surface area contributed by atoms with Crippen LogP contribution in [0.4, 0.5) is 11.4 Å². The van der Waals surface area contributed by atoms with E-state index in [1.807, 2.05) is 24.3 Å². The Balaban J connectivity index is 2.31. The Kier molecular flexibility index (Phi) is 4.27. The van der Waals surface area contributed by atoms with Crippen molar-refractivity contribution in [2.24, 2.45) is 0 Å². The number of rotatable bonds is 3. The molecule has 0 bridgehead atoms. The maximum absolute atomic E-state index is 11.0. The molecule has 0 saturated heterocycles. The summed E-state index contributed by atoms with van der Waals surface area (Å²) in [4.78, 5) is 11.0. The maximum Gasteiger partial charge on any atom is 0.335 e. The van der Waals surface area contributed by atoms with E-state index < -0.39 is 5.97 Å². The molecule has 98 valence electrons. The molecule has 0 atom stereocenters. The van der Waals surface area contributed by atoms with E-state index in [0.717, 1.165) is 25.9 Å². The zero-order chi connectivity index (χ0) is 14.0. The van der Waals surface area contributed by atoms with Crippen LogP contribution < -0.4 is 5.32 Å². The van der Waals surface area contributed by atoms with Gasteiger partial charge in [-0.25, -0.2) is 4.79 Å². The van der Waals surface area contributed by atoms with Crippen LogP contribution in [0.1, 0.15) is 15.9 Å². The number of nitrogens with one attached hydrogen (secondary N) is 1. The highest BCUT2D eigenvalue weighted by Gasteiger charge is 2.08. The number of carbonyl (C=O) groups is 1. The van der Waals surface area contributed by atoms with Crippen LogP contribution in [0.5, 0.6) is 0 Å². The number of carboxylic acids is 1. The lowest BCUT2D eigenvalue weighted by molar-refractivity contribution is 0.0696. The number of halogens is 2. The maximum atomic E-state index is 11.0. The highest BCUT2D eigenvalue weighted by Crippen LogP contribution is 2.29. The minimum absolute atomic E-state index is 0.318. The number of aryl methyl sites for hydroxylation is 1. The molecular weight excluding hydrogens is 374 g/mol. The van der Waals surface area contributed by atoms with Gasteiger partial charge in [0.1, 0.15) is 0 Å². The molecule has 3 nitrogen and oxygen atoms in total. The summed E-state index contributed by atoms with van der Waals surface area (Å²) in [6.07, 6.45) is 0. The molecule has 0 spiro atoms. The van der Waals surface area contributed by atoms with Crippen molar-refractivity contribution in [3.63, 3.8) is 0 Å². The SMILES string of the molecule is Cc1cc(Nc2cc(Br)ccc2Br)ccc1C(=O)O. The van der Waals surface area contributed by atoms with Crippen molar-refractivity contribution in [2.75, 3.05) is 5.32 Å². The lowest BCUT2D eigenvalue weighted by Gasteiger charge is -2.11. The van der Waals surface area contributed by atoms with Gasteiger partial charge < -0.3 is 10.4 Å². The molecule has 0 aliphatic carbocycles. The summed E-state index contributed by atoms with van der Waals surface area (Å²) in [6, 6.07) is 11.0. The molecule has 2 N–H and O–H groups in total. The molecule has 0 unspecified atom stereocenters. The number of carboxylic acid groups (broad SMARTS) is 1. The molecule has 0 aliphatic heterocycles. The van der Waals surface area contributed by atoms with Gasteiger partial charge in [0.25, 0.3) is 0 Å². The monoisotopic (exact) mass is 383 g/mol. The molecule has 5 heteroatoms. The molecule has 19 heavy (non-hydrogen) atoms. The van der Waals surface area contributed by atoms with Crippen molar-refractivity contribution in [1.82, 2.24) is 0 Å². The van der Waals surface area contributed by atoms with E-state index in [4.69, 9.17) is 5.11 Å². The van der Waals surface area contributed by atoms with Crippen LogP contribution >= 0.6 is 31.9 Å². The molecule has 0 aromatic heterocycles. The molecular formula is C14H11Br2NO2. The average molecular weight is 385 g/mol. The second-order valence-corrected chi connectivity index (χ2v) is 5.85. The van der Waals surface area contributed by atoms with Crippen LogP contribution in [-0.4, -0.2) is 11.1 Å². The Morgan fingerprint density at radius 1 is 1.16 bits per heavy atom. The Labute approximate surface area is 127 Å². The first-order chi connectivity index (χ1) is 8.97. The number of anilines is 2. The third-order valence-corrected chi connectivity index (χ3v) is 3.85. The fourth-order valence-electron chi connectivity index (χ4n) is 1.73. The first-order valence-corrected chi connectivity index (χ1v) is 7.12. The van der Waals surface area contributed by atoms with Gasteiger partial charge in [-0.1, -0.05) is 15.9 Å². The van der Waals surface area contributed by atoms with Crippen molar-refractivity contribution >= 4 is 49.2 Å². The largest absolute Gasteiger partial charge is 0.478 e.